The third-order valence-electron chi connectivity index (χ3n) is 2.77. The molecule has 114 valence electrons. The van der Waals surface area contributed by atoms with Gasteiger partial charge in [0.25, 0.3) is 0 Å². The Morgan fingerprint density at radius 2 is 2.05 bits per heavy atom. The normalized spacial score (nSPS) is 9.91. The number of halogens is 1. The summed E-state index contributed by atoms with van der Waals surface area (Å²) >= 11 is 5.95. The summed E-state index contributed by atoms with van der Waals surface area (Å²) in [6, 6.07) is 10.0. The van der Waals surface area contributed by atoms with Gasteiger partial charge in [0.2, 0.25) is 0 Å². The van der Waals surface area contributed by atoms with Crippen LogP contribution in [0.25, 0.3) is 0 Å². The largest absolute Gasteiger partial charge is 0.495 e. The fraction of sp³-hybridized carbons (Fsp3) is 0.133. The van der Waals surface area contributed by atoms with Crippen LogP contribution < -0.4 is 15.4 Å². The van der Waals surface area contributed by atoms with Crippen LogP contribution in [0.15, 0.2) is 42.6 Å². The lowest BCUT2D eigenvalue weighted by Gasteiger charge is -2.08. The van der Waals surface area contributed by atoms with Gasteiger partial charge >= 0.3 is 11.8 Å². The number of carbonyl (C=O) groups is 2. The Morgan fingerprint density at radius 1 is 1.23 bits per heavy atom. The van der Waals surface area contributed by atoms with E-state index in [1.54, 1.807) is 36.5 Å². The van der Waals surface area contributed by atoms with Crippen molar-refractivity contribution in [2.45, 2.75) is 6.54 Å². The van der Waals surface area contributed by atoms with E-state index in [-0.39, 0.29) is 6.54 Å². The highest BCUT2D eigenvalue weighted by molar-refractivity contribution is 6.39. The number of methoxy groups -OCH3 is 1. The number of nitrogens with one attached hydrogen (secondary N) is 2. The number of carbonyl (C=O) groups excluding carboxylic acids is 2. The van der Waals surface area contributed by atoms with E-state index in [9.17, 15) is 9.59 Å². The van der Waals surface area contributed by atoms with E-state index in [1.165, 1.54) is 13.2 Å². The molecule has 1 aromatic heterocycles. The summed E-state index contributed by atoms with van der Waals surface area (Å²) in [6.07, 6.45) is 1.61. The predicted octanol–water partition coefficient (Wildman–Crippen LogP) is 2.00. The van der Waals surface area contributed by atoms with Crippen LogP contribution in [0, 0.1) is 0 Å². The fourth-order valence-electron chi connectivity index (χ4n) is 1.69. The molecule has 0 saturated heterocycles. The van der Waals surface area contributed by atoms with E-state index in [0.717, 1.165) is 0 Å². The molecule has 0 aliphatic heterocycles. The molecule has 0 bridgehead atoms. The molecule has 2 amide bonds. The summed E-state index contributed by atoms with van der Waals surface area (Å²) in [7, 11) is 1.49. The van der Waals surface area contributed by atoms with Crippen LogP contribution in [0.5, 0.6) is 5.75 Å². The monoisotopic (exact) mass is 319 g/mol. The minimum absolute atomic E-state index is 0.177. The highest BCUT2D eigenvalue weighted by atomic mass is 35.5. The van der Waals surface area contributed by atoms with Crippen molar-refractivity contribution in [3.8, 4) is 5.75 Å². The molecule has 2 N–H and O–H groups in total. The molecule has 0 saturated carbocycles. The number of hydrogen-bond donors (Lipinski definition) is 2. The minimum atomic E-state index is -0.780. The summed E-state index contributed by atoms with van der Waals surface area (Å²) in [6.45, 7) is 0.177. The Labute approximate surface area is 132 Å². The second kappa shape index (κ2) is 7.42. The first-order chi connectivity index (χ1) is 10.6. The van der Waals surface area contributed by atoms with Crippen molar-refractivity contribution in [1.82, 2.24) is 10.3 Å². The average Bonchev–Trinajstić information content (AvgIpc) is 2.53. The number of aromatic nitrogens is 1. The average molecular weight is 320 g/mol. The van der Waals surface area contributed by atoms with Crippen LogP contribution >= 0.6 is 11.6 Å². The number of hydrogen-bond acceptors (Lipinski definition) is 4. The van der Waals surface area contributed by atoms with Gasteiger partial charge in [0.1, 0.15) is 5.75 Å². The Bertz CT molecular complexity index is 677. The highest BCUT2D eigenvalue weighted by Gasteiger charge is 2.14. The lowest BCUT2D eigenvalue weighted by Crippen LogP contribution is -2.35. The molecule has 0 fully saturated rings. The summed E-state index contributed by atoms with van der Waals surface area (Å²) in [5.41, 5.74) is 1.07. The van der Waals surface area contributed by atoms with Crippen LogP contribution in [-0.4, -0.2) is 23.9 Å². The fourth-order valence-corrected chi connectivity index (χ4v) is 1.94. The number of rotatable bonds is 4. The van der Waals surface area contributed by atoms with Crippen molar-refractivity contribution in [2.24, 2.45) is 0 Å². The lowest BCUT2D eigenvalue weighted by atomic mass is 10.3. The molecule has 0 unspecified atom stereocenters. The molecule has 0 aliphatic rings. The number of benzene rings is 1. The second-order valence-electron chi connectivity index (χ2n) is 4.31. The molecule has 7 heteroatoms. The van der Waals surface area contributed by atoms with Crippen LogP contribution in [0.2, 0.25) is 5.02 Å². The molecule has 1 aromatic carbocycles. The smallest absolute Gasteiger partial charge is 0.313 e. The third kappa shape index (κ3) is 4.20. The first-order valence-corrected chi connectivity index (χ1v) is 6.80. The van der Waals surface area contributed by atoms with Crippen molar-refractivity contribution in [1.29, 1.82) is 0 Å². The number of pyridine rings is 1. The molecule has 0 radical (unpaired) electrons. The molecule has 6 nitrogen and oxygen atoms in total. The van der Waals surface area contributed by atoms with E-state index in [0.29, 0.717) is 22.2 Å². The zero-order valence-corrected chi connectivity index (χ0v) is 12.6. The van der Waals surface area contributed by atoms with E-state index in [2.05, 4.69) is 15.6 Å². The van der Waals surface area contributed by atoms with E-state index in [4.69, 9.17) is 16.3 Å². The Morgan fingerprint density at radius 3 is 2.68 bits per heavy atom. The van der Waals surface area contributed by atoms with Crippen LogP contribution in [0.3, 0.4) is 0 Å². The summed E-state index contributed by atoms with van der Waals surface area (Å²) < 4.78 is 5.01. The van der Waals surface area contributed by atoms with Gasteiger partial charge in [-0.25, -0.2) is 0 Å². The van der Waals surface area contributed by atoms with E-state index in [1.807, 2.05) is 0 Å². The van der Waals surface area contributed by atoms with Crippen LogP contribution in [-0.2, 0) is 16.1 Å². The van der Waals surface area contributed by atoms with Gasteiger partial charge in [-0.3, -0.25) is 14.6 Å². The number of amides is 2. The van der Waals surface area contributed by atoms with Gasteiger partial charge in [0, 0.05) is 11.9 Å². The minimum Gasteiger partial charge on any atom is -0.495 e. The summed E-state index contributed by atoms with van der Waals surface area (Å²) in [4.78, 5) is 27.5. The predicted molar refractivity (Wildman–Crippen MR) is 82.7 cm³/mol. The number of ether oxygens (including phenoxy) is 1. The molecule has 0 atom stereocenters. The summed E-state index contributed by atoms with van der Waals surface area (Å²) in [5, 5.41) is 5.29. The maximum atomic E-state index is 11.8. The molecule has 0 aliphatic carbocycles. The van der Waals surface area contributed by atoms with Crippen molar-refractivity contribution >= 4 is 29.1 Å². The standard InChI is InChI=1S/C15H14ClN3O3/c1-22-13-6-5-10(8-12(13)16)19-15(21)14(20)18-9-11-4-2-3-7-17-11/h2-8H,9H2,1H3,(H,18,20)(H,19,21). The van der Waals surface area contributed by atoms with Gasteiger partial charge in [0.05, 0.1) is 24.4 Å². The van der Waals surface area contributed by atoms with Crippen molar-refractivity contribution < 1.29 is 14.3 Å². The first-order valence-electron chi connectivity index (χ1n) is 6.43. The third-order valence-corrected chi connectivity index (χ3v) is 3.07. The lowest BCUT2D eigenvalue weighted by molar-refractivity contribution is -0.136. The van der Waals surface area contributed by atoms with E-state index < -0.39 is 11.8 Å². The molecular formula is C15H14ClN3O3. The van der Waals surface area contributed by atoms with Gasteiger partial charge in [-0.15, -0.1) is 0 Å². The van der Waals surface area contributed by atoms with Gasteiger partial charge in [0.15, 0.2) is 0 Å². The zero-order chi connectivity index (χ0) is 15.9. The Kier molecular flexibility index (Phi) is 5.32. The van der Waals surface area contributed by atoms with Crippen molar-refractivity contribution in [3.63, 3.8) is 0 Å². The summed E-state index contributed by atoms with van der Waals surface area (Å²) in [5.74, 6) is -1.05. The van der Waals surface area contributed by atoms with Gasteiger partial charge in [-0.2, -0.15) is 0 Å². The highest BCUT2D eigenvalue weighted by Crippen LogP contribution is 2.27. The second-order valence-corrected chi connectivity index (χ2v) is 4.71. The van der Waals surface area contributed by atoms with Gasteiger partial charge in [-0.1, -0.05) is 17.7 Å². The SMILES string of the molecule is COc1ccc(NC(=O)C(=O)NCc2ccccn2)cc1Cl. The molecular weight excluding hydrogens is 306 g/mol. The Hall–Kier alpha value is -2.60. The molecule has 2 aromatic rings. The number of anilines is 1. The quantitative estimate of drug-likeness (QED) is 0.845. The Balaban J connectivity index is 1.91. The van der Waals surface area contributed by atoms with E-state index >= 15 is 0 Å². The van der Waals surface area contributed by atoms with Crippen molar-refractivity contribution in [2.75, 3.05) is 12.4 Å². The molecule has 1 heterocycles. The number of nitrogens with zero attached hydrogens (tertiary/aromatic N) is 1. The molecule has 2 rings (SSSR count). The van der Waals surface area contributed by atoms with Crippen LogP contribution in [0.1, 0.15) is 5.69 Å². The van der Waals surface area contributed by atoms with Gasteiger partial charge in [-0.05, 0) is 30.3 Å². The zero-order valence-electron chi connectivity index (χ0n) is 11.8. The molecule has 22 heavy (non-hydrogen) atoms. The maximum absolute atomic E-state index is 11.8. The molecule has 0 spiro atoms. The topological polar surface area (TPSA) is 80.3 Å². The first kappa shape index (κ1) is 15.8. The van der Waals surface area contributed by atoms with Crippen molar-refractivity contribution in [3.05, 3.63) is 53.3 Å². The maximum Gasteiger partial charge on any atom is 0.313 e. The van der Waals surface area contributed by atoms with Gasteiger partial charge < -0.3 is 15.4 Å². The van der Waals surface area contributed by atoms with Crippen LogP contribution in [0.4, 0.5) is 5.69 Å².